The maximum Gasteiger partial charge on any atom is 0.273 e. The first-order valence-corrected chi connectivity index (χ1v) is 8.35. The summed E-state index contributed by atoms with van der Waals surface area (Å²) in [6, 6.07) is 6.76. The predicted octanol–water partition coefficient (Wildman–Crippen LogP) is 2.99. The third-order valence-electron chi connectivity index (χ3n) is 4.27. The molecule has 0 spiro atoms. The maximum atomic E-state index is 10.8. The lowest BCUT2D eigenvalue weighted by Gasteiger charge is -2.35. The van der Waals surface area contributed by atoms with E-state index in [0.717, 1.165) is 6.54 Å². The van der Waals surface area contributed by atoms with Crippen molar-refractivity contribution in [3.8, 4) is 5.75 Å². The van der Waals surface area contributed by atoms with Crippen molar-refractivity contribution < 1.29 is 14.8 Å². The number of ether oxygens (including phenoxy) is 1. The van der Waals surface area contributed by atoms with E-state index in [1.54, 1.807) is 19.1 Å². The number of nitro groups is 1. The van der Waals surface area contributed by atoms with Gasteiger partial charge in [0.15, 0.2) is 0 Å². The summed E-state index contributed by atoms with van der Waals surface area (Å²) in [6.07, 6.45) is 5.75. The number of rotatable bonds is 8. The topological polar surface area (TPSA) is 75.8 Å². The standard InChI is InChI=1S/C17H26N2O4/c1-14(20)13-18(15-6-3-2-4-7-15)10-11-23-17-9-5-8-16(12-17)19(21)22/h5,8-9,12,14-15,20H,2-4,6-7,10-11,13H2,1H3. The Morgan fingerprint density at radius 2 is 2.13 bits per heavy atom. The number of nitro benzene ring substituents is 1. The molecule has 1 atom stereocenters. The third kappa shape index (κ3) is 5.80. The molecule has 128 valence electrons. The number of non-ortho nitro benzene ring substituents is 1. The fourth-order valence-electron chi connectivity index (χ4n) is 3.18. The molecule has 0 saturated heterocycles. The van der Waals surface area contributed by atoms with E-state index in [4.69, 9.17) is 4.74 Å². The van der Waals surface area contributed by atoms with Crippen LogP contribution in [0.3, 0.4) is 0 Å². The van der Waals surface area contributed by atoms with E-state index < -0.39 is 4.92 Å². The molecule has 0 radical (unpaired) electrons. The summed E-state index contributed by atoms with van der Waals surface area (Å²) in [6.45, 7) is 3.63. The van der Waals surface area contributed by atoms with Gasteiger partial charge in [-0.25, -0.2) is 0 Å². The lowest BCUT2D eigenvalue weighted by atomic mass is 9.94. The second-order valence-corrected chi connectivity index (χ2v) is 6.24. The zero-order valence-corrected chi connectivity index (χ0v) is 13.7. The minimum Gasteiger partial charge on any atom is -0.492 e. The van der Waals surface area contributed by atoms with Crippen molar-refractivity contribution >= 4 is 5.69 Å². The van der Waals surface area contributed by atoms with E-state index in [2.05, 4.69) is 4.90 Å². The molecule has 1 fully saturated rings. The minimum absolute atomic E-state index is 0.0376. The normalized spacial score (nSPS) is 17.2. The Bertz CT molecular complexity index is 501. The molecule has 23 heavy (non-hydrogen) atoms. The van der Waals surface area contributed by atoms with E-state index in [1.165, 1.54) is 44.2 Å². The van der Waals surface area contributed by atoms with Crippen molar-refractivity contribution in [1.82, 2.24) is 4.90 Å². The Kier molecular flexibility index (Phi) is 6.80. The van der Waals surface area contributed by atoms with E-state index in [0.29, 0.717) is 24.9 Å². The Balaban J connectivity index is 1.87. The zero-order chi connectivity index (χ0) is 16.7. The van der Waals surface area contributed by atoms with Crippen LogP contribution >= 0.6 is 0 Å². The highest BCUT2D eigenvalue weighted by Gasteiger charge is 2.22. The molecular formula is C17H26N2O4. The molecule has 1 aliphatic carbocycles. The summed E-state index contributed by atoms with van der Waals surface area (Å²) in [4.78, 5) is 12.6. The molecule has 1 aliphatic rings. The largest absolute Gasteiger partial charge is 0.492 e. The number of hydrogen-bond donors (Lipinski definition) is 1. The van der Waals surface area contributed by atoms with Gasteiger partial charge in [0, 0.05) is 25.2 Å². The molecule has 0 amide bonds. The summed E-state index contributed by atoms with van der Waals surface area (Å²) in [5, 5.41) is 20.5. The minimum atomic E-state index is -0.422. The molecule has 6 nitrogen and oxygen atoms in total. The molecule has 1 unspecified atom stereocenters. The van der Waals surface area contributed by atoms with Crippen molar-refractivity contribution in [2.24, 2.45) is 0 Å². The van der Waals surface area contributed by atoms with Crippen LogP contribution in [-0.4, -0.2) is 46.8 Å². The van der Waals surface area contributed by atoms with Crippen molar-refractivity contribution in [3.63, 3.8) is 0 Å². The van der Waals surface area contributed by atoms with Gasteiger partial charge < -0.3 is 9.84 Å². The van der Waals surface area contributed by atoms with Crippen LogP contribution in [0.2, 0.25) is 0 Å². The fourth-order valence-corrected chi connectivity index (χ4v) is 3.18. The van der Waals surface area contributed by atoms with Crippen LogP contribution in [0.5, 0.6) is 5.75 Å². The molecule has 6 heteroatoms. The van der Waals surface area contributed by atoms with Crippen LogP contribution in [0.1, 0.15) is 39.0 Å². The Labute approximate surface area is 137 Å². The molecule has 1 N–H and O–H groups in total. The molecule has 1 aromatic carbocycles. The number of benzene rings is 1. The molecule has 0 aromatic heterocycles. The van der Waals surface area contributed by atoms with E-state index in [1.807, 2.05) is 0 Å². The highest BCUT2D eigenvalue weighted by atomic mass is 16.6. The van der Waals surface area contributed by atoms with Gasteiger partial charge in [0.1, 0.15) is 12.4 Å². The number of nitrogens with zero attached hydrogens (tertiary/aromatic N) is 2. The van der Waals surface area contributed by atoms with Crippen LogP contribution in [0, 0.1) is 10.1 Å². The van der Waals surface area contributed by atoms with Gasteiger partial charge in [-0.3, -0.25) is 15.0 Å². The van der Waals surface area contributed by atoms with Gasteiger partial charge in [0.25, 0.3) is 5.69 Å². The van der Waals surface area contributed by atoms with Crippen molar-refractivity contribution in [1.29, 1.82) is 0 Å². The molecule has 0 bridgehead atoms. The highest BCUT2D eigenvalue weighted by molar-refractivity contribution is 5.37. The molecule has 1 saturated carbocycles. The first-order chi connectivity index (χ1) is 11.1. The fraction of sp³-hybridized carbons (Fsp3) is 0.647. The van der Waals surface area contributed by atoms with Crippen LogP contribution in [0.25, 0.3) is 0 Å². The average molecular weight is 322 g/mol. The highest BCUT2D eigenvalue weighted by Crippen LogP contribution is 2.23. The summed E-state index contributed by atoms with van der Waals surface area (Å²) in [7, 11) is 0. The van der Waals surface area contributed by atoms with Gasteiger partial charge in [-0.05, 0) is 25.8 Å². The van der Waals surface area contributed by atoms with Gasteiger partial charge >= 0.3 is 0 Å². The molecule has 0 aliphatic heterocycles. The SMILES string of the molecule is CC(O)CN(CCOc1cccc([N+](=O)[O-])c1)C1CCCCC1. The summed E-state index contributed by atoms with van der Waals surface area (Å²) >= 11 is 0. The Morgan fingerprint density at radius 3 is 2.78 bits per heavy atom. The molecule has 1 aromatic rings. The van der Waals surface area contributed by atoms with Crippen LogP contribution in [0.15, 0.2) is 24.3 Å². The average Bonchev–Trinajstić information content (AvgIpc) is 2.54. The molecular weight excluding hydrogens is 296 g/mol. The zero-order valence-electron chi connectivity index (χ0n) is 13.7. The lowest BCUT2D eigenvalue weighted by Crippen LogP contribution is -2.43. The summed E-state index contributed by atoms with van der Waals surface area (Å²) in [5.74, 6) is 0.514. The van der Waals surface area contributed by atoms with Gasteiger partial charge in [-0.15, -0.1) is 0 Å². The molecule has 2 rings (SSSR count). The van der Waals surface area contributed by atoms with Crippen molar-refractivity contribution in [2.75, 3.05) is 19.7 Å². The second-order valence-electron chi connectivity index (χ2n) is 6.24. The molecule has 0 heterocycles. The van der Waals surface area contributed by atoms with Gasteiger partial charge in [-0.2, -0.15) is 0 Å². The van der Waals surface area contributed by atoms with E-state index in [9.17, 15) is 15.2 Å². The third-order valence-corrected chi connectivity index (χ3v) is 4.27. The van der Waals surface area contributed by atoms with Crippen molar-refractivity contribution in [2.45, 2.75) is 51.2 Å². The number of aliphatic hydroxyl groups excluding tert-OH is 1. The van der Waals surface area contributed by atoms with E-state index >= 15 is 0 Å². The second kappa shape index (κ2) is 8.84. The quantitative estimate of drug-likeness (QED) is 0.588. The Morgan fingerprint density at radius 1 is 1.39 bits per heavy atom. The number of hydrogen-bond acceptors (Lipinski definition) is 5. The predicted molar refractivity (Wildman–Crippen MR) is 88.7 cm³/mol. The smallest absolute Gasteiger partial charge is 0.273 e. The Hall–Kier alpha value is -1.66. The van der Waals surface area contributed by atoms with Crippen LogP contribution in [-0.2, 0) is 0 Å². The maximum absolute atomic E-state index is 10.8. The van der Waals surface area contributed by atoms with E-state index in [-0.39, 0.29) is 11.8 Å². The summed E-state index contributed by atoms with van der Waals surface area (Å²) < 4.78 is 5.67. The first kappa shape index (κ1) is 17.7. The first-order valence-electron chi connectivity index (χ1n) is 8.35. The number of aliphatic hydroxyl groups is 1. The van der Waals surface area contributed by atoms with Crippen LogP contribution in [0.4, 0.5) is 5.69 Å². The summed E-state index contributed by atoms with van der Waals surface area (Å²) in [5.41, 5.74) is 0.0376. The monoisotopic (exact) mass is 322 g/mol. The van der Waals surface area contributed by atoms with Gasteiger partial charge in [0.05, 0.1) is 17.1 Å². The van der Waals surface area contributed by atoms with Crippen molar-refractivity contribution in [3.05, 3.63) is 34.4 Å². The van der Waals surface area contributed by atoms with Gasteiger partial charge in [0.2, 0.25) is 0 Å². The lowest BCUT2D eigenvalue weighted by molar-refractivity contribution is -0.384. The van der Waals surface area contributed by atoms with Crippen LogP contribution < -0.4 is 4.74 Å². The van der Waals surface area contributed by atoms with Gasteiger partial charge in [-0.1, -0.05) is 25.3 Å².